The highest BCUT2D eigenvalue weighted by molar-refractivity contribution is 5.77. The second-order valence-corrected chi connectivity index (χ2v) is 6.08. The predicted octanol–water partition coefficient (Wildman–Crippen LogP) is 2.04. The van der Waals surface area contributed by atoms with E-state index in [1.54, 1.807) is 12.4 Å². The van der Waals surface area contributed by atoms with Gasteiger partial charge in [-0.2, -0.15) is 0 Å². The van der Waals surface area contributed by atoms with Gasteiger partial charge in [-0.1, -0.05) is 18.2 Å². The van der Waals surface area contributed by atoms with Gasteiger partial charge in [-0.15, -0.1) is 0 Å². The van der Waals surface area contributed by atoms with Crippen LogP contribution >= 0.6 is 0 Å². The Morgan fingerprint density at radius 1 is 1.04 bits per heavy atom. The molecule has 0 unspecified atom stereocenters. The van der Waals surface area contributed by atoms with Crippen LogP contribution in [0.4, 0.5) is 11.6 Å². The summed E-state index contributed by atoms with van der Waals surface area (Å²) in [6, 6.07) is 12.1. The minimum absolute atomic E-state index is 0.225. The first-order chi connectivity index (χ1) is 12.3. The molecule has 132 valence electrons. The molecule has 2 heterocycles. The van der Waals surface area contributed by atoms with Crippen LogP contribution in [0.2, 0.25) is 0 Å². The number of anilines is 2. The SMILES string of the molecule is CCN(CCC(=O)N1CCN(c2ncccn2)CC1)c1ccccc1. The molecule has 0 spiro atoms. The molecule has 0 atom stereocenters. The second kappa shape index (κ2) is 8.46. The van der Waals surface area contributed by atoms with Crippen LogP contribution in [0.5, 0.6) is 0 Å². The first kappa shape index (κ1) is 17.2. The smallest absolute Gasteiger partial charge is 0.225 e. The van der Waals surface area contributed by atoms with E-state index in [1.165, 1.54) is 5.69 Å². The lowest BCUT2D eigenvalue weighted by Gasteiger charge is -2.35. The third kappa shape index (κ3) is 4.47. The first-order valence-corrected chi connectivity index (χ1v) is 8.87. The zero-order chi connectivity index (χ0) is 17.5. The van der Waals surface area contributed by atoms with E-state index < -0.39 is 0 Å². The Balaban J connectivity index is 1.48. The van der Waals surface area contributed by atoms with Gasteiger partial charge < -0.3 is 14.7 Å². The van der Waals surface area contributed by atoms with Gasteiger partial charge in [-0.25, -0.2) is 9.97 Å². The molecule has 1 aliphatic rings. The van der Waals surface area contributed by atoms with Gasteiger partial charge in [0.05, 0.1) is 0 Å². The van der Waals surface area contributed by atoms with Crippen molar-refractivity contribution >= 4 is 17.5 Å². The van der Waals surface area contributed by atoms with Gasteiger partial charge in [0, 0.05) is 63.8 Å². The Morgan fingerprint density at radius 2 is 1.72 bits per heavy atom. The number of hydrogen-bond donors (Lipinski definition) is 0. The third-order valence-corrected chi connectivity index (χ3v) is 4.57. The number of hydrogen-bond acceptors (Lipinski definition) is 5. The molecule has 2 aromatic rings. The number of piperazine rings is 1. The fourth-order valence-electron chi connectivity index (χ4n) is 3.11. The zero-order valence-corrected chi connectivity index (χ0v) is 14.7. The lowest BCUT2D eigenvalue weighted by Crippen LogP contribution is -2.49. The number of amides is 1. The van der Waals surface area contributed by atoms with Gasteiger partial charge in [-0.3, -0.25) is 4.79 Å². The Kier molecular flexibility index (Phi) is 5.82. The van der Waals surface area contributed by atoms with E-state index in [4.69, 9.17) is 0 Å². The number of para-hydroxylation sites is 1. The van der Waals surface area contributed by atoms with Crippen molar-refractivity contribution in [2.45, 2.75) is 13.3 Å². The van der Waals surface area contributed by atoms with Crippen LogP contribution in [0.3, 0.4) is 0 Å². The van der Waals surface area contributed by atoms with Crippen molar-refractivity contribution < 1.29 is 4.79 Å². The molecule has 1 saturated heterocycles. The second-order valence-electron chi connectivity index (χ2n) is 6.08. The molecule has 25 heavy (non-hydrogen) atoms. The van der Waals surface area contributed by atoms with Gasteiger partial charge in [0.1, 0.15) is 0 Å². The van der Waals surface area contributed by atoms with Crippen LogP contribution in [0.1, 0.15) is 13.3 Å². The summed E-state index contributed by atoms with van der Waals surface area (Å²) < 4.78 is 0. The van der Waals surface area contributed by atoms with Crippen LogP contribution < -0.4 is 9.80 Å². The summed E-state index contributed by atoms with van der Waals surface area (Å²) in [6.45, 7) is 6.80. The number of nitrogens with zero attached hydrogens (tertiary/aromatic N) is 5. The monoisotopic (exact) mass is 339 g/mol. The fraction of sp³-hybridized carbons (Fsp3) is 0.421. The molecule has 6 nitrogen and oxygen atoms in total. The molecule has 1 aromatic carbocycles. The largest absolute Gasteiger partial charge is 0.371 e. The average molecular weight is 339 g/mol. The number of aromatic nitrogens is 2. The molecule has 0 radical (unpaired) electrons. The molecule has 1 amide bonds. The summed E-state index contributed by atoms with van der Waals surface area (Å²) in [5, 5.41) is 0. The molecule has 0 aliphatic carbocycles. The van der Waals surface area contributed by atoms with Crippen molar-refractivity contribution in [1.29, 1.82) is 0 Å². The van der Waals surface area contributed by atoms with E-state index in [0.717, 1.165) is 45.2 Å². The van der Waals surface area contributed by atoms with Gasteiger partial charge >= 0.3 is 0 Å². The summed E-state index contributed by atoms with van der Waals surface area (Å²) in [6.07, 6.45) is 4.05. The van der Waals surface area contributed by atoms with Crippen molar-refractivity contribution in [2.24, 2.45) is 0 Å². The molecule has 1 aromatic heterocycles. The van der Waals surface area contributed by atoms with Crippen molar-refractivity contribution in [2.75, 3.05) is 49.1 Å². The third-order valence-electron chi connectivity index (χ3n) is 4.57. The van der Waals surface area contributed by atoms with Gasteiger partial charge in [0.25, 0.3) is 0 Å². The molecule has 1 aliphatic heterocycles. The summed E-state index contributed by atoms with van der Waals surface area (Å²) >= 11 is 0. The summed E-state index contributed by atoms with van der Waals surface area (Å²) in [4.78, 5) is 27.4. The number of carbonyl (C=O) groups is 1. The maximum Gasteiger partial charge on any atom is 0.225 e. The van der Waals surface area contributed by atoms with E-state index >= 15 is 0 Å². The molecule has 3 rings (SSSR count). The standard InChI is InChI=1S/C19H25N5O/c1-2-22(17-7-4-3-5-8-17)12-9-18(25)23-13-15-24(16-14-23)19-20-10-6-11-21-19/h3-8,10-11H,2,9,12-16H2,1H3. The lowest BCUT2D eigenvalue weighted by molar-refractivity contribution is -0.131. The molecule has 0 N–H and O–H groups in total. The lowest BCUT2D eigenvalue weighted by atomic mass is 10.2. The van der Waals surface area contributed by atoms with Crippen molar-refractivity contribution in [1.82, 2.24) is 14.9 Å². The predicted molar refractivity (Wildman–Crippen MR) is 99.8 cm³/mol. The van der Waals surface area contributed by atoms with Crippen molar-refractivity contribution in [3.63, 3.8) is 0 Å². The Hall–Kier alpha value is -2.63. The molecule has 0 saturated carbocycles. The van der Waals surface area contributed by atoms with Gasteiger partial charge in [0.15, 0.2) is 0 Å². The van der Waals surface area contributed by atoms with Crippen molar-refractivity contribution in [3.05, 3.63) is 48.8 Å². The Labute approximate surface area is 149 Å². The summed E-state index contributed by atoms with van der Waals surface area (Å²) in [5.74, 6) is 0.971. The molecular formula is C19H25N5O. The Morgan fingerprint density at radius 3 is 2.36 bits per heavy atom. The van der Waals surface area contributed by atoms with E-state index in [9.17, 15) is 4.79 Å². The number of rotatable bonds is 6. The van der Waals surface area contributed by atoms with Crippen molar-refractivity contribution in [3.8, 4) is 0 Å². The van der Waals surface area contributed by atoms with Crippen LogP contribution in [-0.4, -0.2) is 60.0 Å². The topological polar surface area (TPSA) is 52.6 Å². The Bertz CT molecular complexity index is 656. The maximum absolute atomic E-state index is 12.5. The van der Waals surface area contributed by atoms with Crippen LogP contribution in [0.15, 0.2) is 48.8 Å². The quantitative estimate of drug-likeness (QED) is 0.806. The molecular weight excluding hydrogens is 314 g/mol. The van der Waals surface area contributed by atoms with E-state index in [1.807, 2.05) is 29.2 Å². The normalized spacial score (nSPS) is 14.4. The number of benzene rings is 1. The fourth-order valence-corrected chi connectivity index (χ4v) is 3.11. The summed E-state index contributed by atoms with van der Waals surface area (Å²) in [5.41, 5.74) is 1.17. The van der Waals surface area contributed by atoms with E-state index in [2.05, 4.69) is 38.8 Å². The minimum atomic E-state index is 0.225. The van der Waals surface area contributed by atoms with Crippen LogP contribution in [0, 0.1) is 0 Å². The van der Waals surface area contributed by atoms with E-state index in [-0.39, 0.29) is 5.91 Å². The van der Waals surface area contributed by atoms with Crippen LogP contribution in [-0.2, 0) is 4.79 Å². The molecule has 6 heteroatoms. The highest BCUT2D eigenvalue weighted by Gasteiger charge is 2.22. The number of carbonyl (C=O) groups excluding carboxylic acids is 1. The minimum Gasteiger partial charge on any atom is -0.371 e. The molecule has 0 bridgehead atoms. The highest BCUT2D eigenvalue weighted by atomic mass is 16.2. The zero-order valence-electron chi connectivity index (χ0n) is 14.7. The first-order valence-electron chi connectivity index (χ1n) is 8.87. The molecule has 1 fully saturated rings. The summed E-state index contributed by atoms with van der Waals surface area (Å²) in [7, 11) is 0. The van der Waals surface area contributed by atoms with Crippen LogP contribution in [0.25, 0.3) is 0 Å². The van der Waals surface area contributed by atoms with Gasteiger partial charge in [-0.05, 0) is 25.1 Å². The van der Waals surface area contributed by atoms with Gasteiger partial charge in [0.2, 0.25) is 11.9 Å². The van der Waals surface area contributed by atoms with E-state index in [0.29, 0.717) is 6.42 Å². The maximum atomic E-state index is 12.5. The average Bonchev–Trinajstić information content (AvgIpc) is 2.70. The highest BCUT2D eigenvalue weighted by Crippen LogP contribution is 2.14.